The minimum absolute atomic E-state index is 0.300. The average Bonchev–Trinajstić information content (AvgIpc) is 3.30. The summed E-state index contributed by atoms with van der Waals surface area (Å²) in [5, 5.41) is 0. The highest BCUT2D eigenvalue weighted by molar-refractivity contribution is 5.79. The number of aromatic nitrogens is 2. The fourth-order valence-corrected chi connectivity index (χ4v) is 4.41. The summed E-state index contributed by atoms with van der Waals surface area (Å²) in [6.07, 6.45) is 15.1. The fourth-order valence-electron chi connectivity index (χ4n) is 4.41. The topological polar surface area (TPSA) is 38.1 Å². The largest absolute Gasteiger partial charge is 0.342 e. The fraction of sp³-hybridized carbons (Fsp3) is 0.789. The van der Waals surface area contributed by atoms with Crippen molar-refractivity contribution in [3.63, 3.8) is 0 Å². The first kappa shape index (κ1) is 15.2. The first-order valence-electron chi connectivity index (χ1n) is 9.61. The molecule has 1 aromatic heterocycles. The van der Waals surface area contributed by atoms with Gasteiger partial charge >= 0.3 is 0 Å². The van der Waals surface area contributed by atoms with Crippen LogP contribution in [-0.2, 0) is 11.3 Å². The van der Waals surface area contributed by atoms with Gasteiger partial charge in [-0.2, -0.15) is 0 Å². The molecule has 0 radical (unpaired) electrons. The molecule has 0 bridgehead atoms. The van der Waals surface area contributed by atoms with Gasteiger partial charge in [0.1, 0.15) is 5.82 Å². The molecule has 3 aliphatic rings. The van der Waals surface area contributed by atoms with Gasteiger partial charge < -0.3 is 9.47 Å². The summed E-state index contributed by atoms with van der Waals surface area (Å²) in [4.78, 5) is 19.6. The number of carbonyl (C=O) groups excluding carboxylic acids is 1. The van der Waals surface area contributed by atoms with Gasteiger partial charge in [0, 0.05) is 43.9 Å². The van der Waals surface area contributed by atoms with E-state index in [1.807, 2.05) is 6.20 Å². The molecule has 23 heavy (non-hydrogen) atoms. The van der Waals surface area contributed by atoms with Crippen molar-refractivity contribution in [1.82, 2.24) is 14.5 Å². The Morgan fingerprint density at radius 1 is 1.09 bits per heavy atom. The number of hydrogen-bond donors (Lipinski definition) is 0. The number of likely N-dealkylation sites (tertiary alicyclic amines) is 1. The van der Waals surface area contributed by atoms with Crippen LogP contribution in [0.4, 0.5) is 0 Å². The zero-order valence-corrected chi connectivity index (χ0v) is 14.1. The minimum Gasteiger partial charge on any atom is -0.342 e. The second-order valence-electron chi connectivity index (χ2n) is 7.84. The lowest BCUT2D eigenvalue weighted by Crippen LogP contribution is -2.43. The van der Waals surface area contributed by atoms with Gasteiger partial charge in [0.2, 0.25) is 5.91 Å². The Balaban J connectivity index is 1.42. The Morgan fingerprint density at radius 2 is 1.91 bits per heavy atom. The first-order valence-corrected chi connectivity index (χ1v) is 9.61. The molecule has 0 spiro atoms. The van der Waals surface area contributed by atoms with E-state index >= 15 is 0 Å². The zero-order valence-electron chi connectivity index (χ0n) is 14.1. The normalized spacial score (nSPS) is 26.4. The van der Waals surface area contributed by atoms with E-state index in [4.69, 9.17) is 0 Å². The Bertz CT molecular complexity index is 543. The number of rotatable bonds is 4. The summed E-state index contributed by atoms with van der Waals surface area (Å²) in [7, 11) is 0. The van der Waals surface area contributed by atoms with Crippen LogP contribution in [0.1, 0.15) is 69.5 Å². The van der Waals surface area contributed by atoms with Crippen LogP contribution in [0.3, 0.4) is 0 Å². The summed E-state index contributed by atoms with van der Waals surface area (Å²) in [6, 6.07) is 0. The second kappa shape index (κ2) is 6.66. The van der Waals surface area contributed by atoms with E-state index in [1.165, 1.54) is 44.3 Å². The van der Waals surface area contributed by atoms with E-state index in [-0.39, 0.29) is 0 Å². The third kappa shape index (κ3) is 3.46. The molecular weight excluding hydrogens is 286 g/mol. The van der Waals surface area contributed by atoms with E-state index in [1.54, 1.807) is 0 Å². The predicted octanol–water partition coefficient (Wildman–Crippen LogP) is 3.58. The van der Waals surface area contributed by atoms with Gasteiger partial charge in [-0.25, -0.2) is 4.98 Å². The molecule has 1 aliphatic heterocycles. The van der Waals surface area contributed by atoms with Crippen LogP contribution >= 0.6 is 0 Å². The molecule has 4 nitrogen and oxygen atoms in total. The SMILES string of the molecule is O=C(C1CCCCC1)N1CCC[C@H](c2nccn2CC2CC2)C1. The van der Waals surface area contributed by atoms with Crippen molar-refractivity contribution in [2.24, 2.45) is 11.8 Å². The standard InChI is InChI=1S/C19H29N3O/c23-19(16-5-2-1-3-6-16)22-11-4-7-17(14-22)18-20-10-12-21(18)13-15-8-9-15/h10,12,15-17H,1-9,11,13-14H2/t17-/m0/s1. The Labute approximate surface area is 139 Å². The van der Waals surface area contributed by atoms with Crippen molar-refractivity contribution in [3.8, 4) is 0 Å². The number of nitrogens with zero attached hydrogens (tertiary/aromatic N) is 3. The summed E-state index contributed by atoms with van der Waals surface area (Å²) in [5.41, 5.74) is 0. The van der Waals surface area contributed by atoms with Crippen LogP contribution in [0.2, 0.25) is 0 Å². The van der Waals surface area contributed by atoms with Crippen LogP contribution in [0, 0.1) is 11.8 Å². The first-order chi connectivity index (χ1) is 11.3. The van der Waals surface area contributed by atoms with Crippen LogP contribution < -0.4 is 0 Å². The molecule has 4 rings (SSSR count). The number of piperidine rings is 1. The summed E-state index contributed by atoms with van der Waals surface area (Å²) >= 11 is 0. The number of carbonyl (C=O) groups is 1. The van der Waals surface area contributed by atoms with E-state index in [9.17, 15) is 4.79 Å². The number of amides is 1. The van der Waals surface area contributed by atoms with Gasteiger partial charge in [0.15, 0.2) is 0 Å². The second-order valence-corrected chi connectivity index (χ2v) is 7.84. The molecular formula is C19H29N3O. The van der Waals surface area contributed by atoms with E-state index in [0.29, 0.717) is 17.7 Å². The third-order valence-corrected chi connectivity index (χ3v) is 5.95. The third-order valence-electron chi connectivity index (χ3n) is 5.95. The van der Waals surface area contributed by atoms with Crippen molar-refractivity contribution < 1.29 is 4.79 Å². The predicted molar refractivity (Wildman–Crippen MR) is 90.1 cm³/mol. The van der Waals surface area contributed by atoms with Crippen molar-refractivity contribution in [2.75, 3.05) is 13.1 Å². The lowest BCUT2D eigenvalue weighted by molar-refractivity contribution is -0.137. The maximum atomic E-state index is 12.8. The maximum absolute atomic E-state index is 12.8. The summed E-state index contributed by atoms with van der Waals surface area (Å²) in [6.45, 7) is 2.97. The molecule has 2 heterocycles. The maximum Gasteiger partial charge on any atom is 0.225 e. The molecule has 0 aromatic carbocycles. The van der Waals surface area contributed by atoms with Gasteiger partial charge in [0.25, 0.3) is 0 Å². The van der Waals surface area contributed by atoms with Crippen LogP contribution in [0.25, 0.3) is 0 Å². The molecule has 126 valence electrons. The van der Waals surface area contributed by atoms with Crippen molar-refractivity contribution >= 4 is 5.91 Å². The quantitative estimate of drug-likeness (QED) is 0.852. The van der Waals surface area contributed by atoms with Crippen molar-refractivity contribution in [3.05, 3.63) is 18.2 Å². The molecule has 1 aromatic rings. The smallest absolute Gasteiger partial charge is 0.225 e. The Hall–Kier alpha value is -1.32. The lowest BCUT2D eigenvalue weighted by Gasteiger charge is -2.35. The lowest BCUT2D eigenvalue weighted by atomic mass is 9.87. The van der Waals surface area contributed by atoms with E-state index in [2.05, 4.69) is 20.6 Å². The van der Waals surface area contributed by atoms with Gasteiger partial charge in [0.05, 0.1) is 0 Å². The molecule has 1 saturated heterocycles. The van der Waals surface area contributed by atoms with Crippen LogP contribution in [0.15, 0.2) is 12.4 Å². The number of hydrogen-bond acceptors (Lipinski definition) is 2. The highest BCUT2D eigenvalue weighted by Crippen LogP contribution is 2.34. The van der Waals surface area contributed by atoms with Gasteiger partial charge in [-0.05, 0) is 44.4 Å². The van der Waals surface area contributed by atoms with Crippen molar-refractivity contribution in [1.29, 1.82) is 0 Å². The number of imidazole rings is 1. The Morgan fingerprint density at radius 3 is 2.70 bits per heavy atom. The Kier molecular flexibility index (Phi) is 4.41. The van der Waals surface area contributed by atoms with E-state index < -0.39 is 0 Å². The summed E-state index contributed by atoms with van der Waals surface area (Å²) < 4.78 is 2.36. The molecule has 0 N–H and O–H groups in total. The van der Waals surface area contributed by atoms with E-state index in [0.717, 1.165) is 44.8 Å². The van der Waals surface area contributed by atoms with Crippen LogP contribution in [-0.4, -0.2) is 33.4 Å². The molecule has 2 saturated carbocycles. The minimum atomic E-state index is 0.300. The molecule has 1 atom stereocenters. The van der Waals surface area contributed by atoms with Gasteiger partial charge in [-0.1, -0.05) is 19.3 Å². The monoisotopic (exact) mass is 315 g/mol. The summed E-state index contributed by atoms with van der Waals surface area (Å²) in [5.74, 6) is 3.25. The highest BCUT2D eigenvalue weighted by Gasteiger charge is 2.32. The van der Waals surface area contributed by atoms with Gasteiger partial charge in [-0.15, -0.1) is 0 Å². The van der Waals surface area contributed by atoms with Gasteiger partial charge in [-0.3, -0.25) is 4.79 Å². The zero-order chi connectivity index (χ0) is 15.6. The molecule has 1 amide bonds. The molecule has 0 unspecified atom stereocenters. The average molecular weight is 315 g/mol. The highest BCUT2D eigenvalue weighted by atomic mass is 16.2. The molecule has 2 aliphatic carbocycles. The molecule has 3 fully saturated rings. The van der Waals surface area contributed by atoms with Crippen LogP contribution in [0.5, 0.6) is 0 Å². The molecule has 4 heteroatoms. The van der Waals surface area contributed by atoms with Crippen molar-refractivity contribution in [2.45, 2.75) is 70.3 Å².